The van der Waals surface area contributed by atoms with Crippen molar-refractivity contribution in [3.8, 4) is 0 Å². The molecule has 1 amide bonds. The van der Waals surface area contributed by atoms with Crippen LogP contribution < -0.4 is 4.80 Å². The molecule has 2 heterocycles. The van der Waals surface area contributed by atoms with Crippen LogP contribution in [0.5, 0.6) is 0 Å². The molecule has 0 saturated heterocycles. The van der Waals surface area contributed by atoms with Crippen LogP contribution in [0, 0.1) is 27.7 Å². The Morgan fingerprint density at radius 3 is 2.52 bits per heavy atom. The summed E-state index contributed by atoms with van der Waals surface area (Å²) in [5.74, 6) is -0.706. The Morgan fingerprint density at radius 2 is 1.89 bits per heavy atom. The lowest BCUT2D eigenvalue weighted by Crippen LogP contribution is -2.23. The van der Waals surface area contributed by atoms with Crippen LogP contribution in [0.4, 0.5) is 0 Å². The molecule has 0 N–H and O–H groups in total. The molecule has 142 valence electrons. The minimum Gasteiger partial charge on any atom is -0.468 e. The first-order valence-corrected chi connectivity index (χ1v) is 9.36. The number of nitrogens with zero attached hydrogens (tertiary/aromatic N) is 4. The van der Waals surface area contributed by atoms with Crippen molar-refractivity contribution in [1.29, 1.82) is 0 Å². The van der Waals surface area contributed by atoms with Gasteiger partial charge in [-0.3, -0.25) is 14.3 Å². The Balaban J connectivity index is 2.08. The Morgan fingerprint density at radius 1 is 1.15 bits per heavy atom. The fourth-order valence-electron chi connectivity index (χ4n) is 3.05. The number of esters is 1. The zero-order chi connectivity index (χ0) is 19.7. The van der Waals surface area contributed by atoms with Crippen LogP contribution in [0.2, 0.25) is 0 Å². The zero-order valence-corrected chi connectivity index (χ0v) is 16.9. The molecule has 0 radical (unpaired) electrons. The van der Waals surface area contributed by atoms with Crippen LogP contribution in [-0.4, -0.2) is 33.3 Å². The first-order valence-electron chi connectivity index (χ1n) is 8.54. The smallest absolute Gasteiger partial charge is 0.325 e. The van der Waals surface area contributed by atoms with E-state index in [-0.39, 0.29) is 25.0 Å². The Kier molecular flexibility index (Phi) is 5.27. The molecule has 3 rings (SSSR count). The van der Waals surface area contributed by atoms with E-state index in [9.17, 15) is 9.59 Å². The lowest BCUT2D eigenvalue weighted by molar-refractivity contribution is -0.141. The summed E-state index contributed by atoms with van der Waals surface area (Å²) in [6, 6.07) is 5.98. The second kappa shape index (κ2) is 7.48. The molecule has 0 spiro atoms. The third kappa shape index (κ3) is 4.00. The quantitative estimate of drug-likeness (QED) is 0.645. The topological polar surface area (TPSA) is 78.5 Å². The maximum atomic E-state index is 12.5. The normalized spacial score (nSPS) is 12.0. The molecule has 0 atom stereocenters. The van der Waals surface area contributed by atoms with Crippen molar-refractivity contribution in [2.75, 3.05) is 7.11 Å². The number of methoxy groups -OCH3 is 1. The van der Waals surface area contributed by atoms with Gasteiger partial charge in [0, 0.05) is 5.69 Å². The van der Waals surface area contributed by atoms with Gasteiger partial charge in [-0.1, -0.05) is 17.4 Å². The standard InChI is InChI=1S/C19H22N4O3S/c1-11-6-12(2)18-15(7-11)22(10-17(25)26-5)19(27-18)20-16(24)9-23-14(4)8-13(3)21-23/h6-8H,9-10H2,1-5H3. The lowest BCUT2D eigenvalue weighted by atomic mass is 10.1. The number of hydrogen-bond donors (Lipinski definition) is 0. The van der Waals surface area contributed by atoms with Crippen LogP contribution in [0.3, 0.4) is 0 Å². The number of aromatic nitrogens is 3. The van der Waals surface area contributed by atoms with Gasteiger partial charge in [0.05, 0.1) is 23.0 Å². The van der Waals surface area contributed by atoms with Gasteiger partial charge in [-0.15, -0.1) is 0 Å². The molecule has 8 heteroatoms. The summed E-state index contributed by atoms with van der Waals surface area (Å²) in [5.41, 5.74) is 4.80. The molecule has 0 saturated carbocycles. The number of rotatable bonds is 4. The summed E-state index contributed by atoms with van der Waals surface area (Å²) in [7, 11) is 1.35. The summed E-state index contributed by atoms with van der Waals surface area (Å²) in [4.78, 5) is 29.2. The molecule has 2 aromatic heterocycles. The van der Waals surface area contributed by atoms with E-state index >= 15 is 0 Å². The van der Waals surface area contributed by atoms with E-state index in [1.165, 1.54) is 18.4 Å². The van der Waals surface area contributed by atoms with E-state index in [0.717, 1.165) is 32.7 Å². The molecule has 0 unspecified atom stereocenters. The molecule has 0 bridgehead atoms. The molecule has 0 aliphatic heterocycles. The average Bonchev–Trinajstić information content (AvgIpc) is 3.07. The highest BCUT2D eigenvalue weighted by Crippen LogP contribution is 2.23. The number of aryl methyl sites for hydroxylation is 4. The van der Waals surface area contributed by atoms with Gasteiger partial charge >= 0.3 is 5.97 Å². The summed E-state index contributed by atoms with van der Waals surface area (Å²) in [6.45, 7) is 7.85. The van der Waals surface area contributed by atoms with Crippen LogP contribution in [0.1, 0.15) is 22.5 Å². The highest BCUT2D eigenvalue weighted by atomic mass is 32.1. The zero-order valence-electron chi connectivity index (χ0n) is 16.1. The fraction of sp³-hybridized carbons (Fsp3) is 0.368. The first-order chi connectivity index (χ1) is 12.8. The number of carbonyl (C=O) groups is 2. The van der Waals surface area contributed by atoms with E-state index in [1.54, 1.807) is 9.25 Å². The number of hydrogen-bond acceptors (Lipinski definition) is 5. The number of amides is 1. The van der Waals surface area contributed by atoms with Gasteiger partial charge in [-0.2, -0.15) is 10.1 Å². The number of thiazole rings is 1. The number of fused-ring (bicyclic) bond motifs is 1. The molecule has 7 nitrogen and oxygen atoms in total. The minimum atomic E-state index is -0.388. The van der Waals surface area contributed by atoms with Gasteiger partial charge in [0.2, 0.25) is 0 Å². The Bertz CT molecular complexity index is 1100. The van der Waals surface area contributed by atoms with Gasteiger partial charge < -0.3 is 9.30 Å². The van der Waals surface area contributed by atoms with Crippen LogP contribution in [0.25, 0.3) is 10.2 Å². The Hall–Kier alpha value is -2.74. The third-order valence-corrected chi connectivity index (χ3v) is 5.47. The average molecular weight is 386 g/mol. The molecule has 27 heavy (non-hydrogen) atoms. The van der Waals surface area contributed by atoms with E-state index in [1.807, 2.05) is 39.8 Å². The van der Waals surface area contributed by atoms with E-state index < -0.39 is 0 Å². The maximum Gasteiger partial charge on any atom is 0.325 e. The molecular formula is C19H22N4O3S. The van der Waals surface area contributed by atoms with Crippen LogP contribution in [-0.2, 0) is 27.4 Å². The first kappa shape index (κ1) is 19.0. The van der Waals surface area contributed by atoms with Crippen molar-refractivity contribution in [3.05, 3.63) is 45.5 Å². The fourth-order valence-corrected chi connectivity index (χ4v) is 4.15. The van der Waals surface area contributed by atoms with Crippen molar-refractivity contribution in [1.82, 2.24) is 14.3 Å². The van der Waals surface area contributed by atoms with Crippen LogP contribution >= 0.6 is 11.3 Å². The predicted molar refractivity (Wildman–Crippen MR) is 104 cm³/mol. The molecule has 1 aromatic carbocycles. The minimum absolute atomic E-state index is 0.00537. The molecule has 0 aliphatic rings. The second-order valence-electron chi connectivity index (χ2n) is 6.57. The molecule has 0 aliphatic carbocycles. The Labute approximate surface area is 160 Å². The molecular weight excluding hydrogens is 364 g/mol. The number of ether oxygens (including phenoxy) is 1. The summed E-state index contributed by atoms with van der Waals surface area (Å²) < 4.78 is 9.19. The summed E-state index contributed by atoms with van der Waals surface area (Å²) in [5, 5.41) is 4.30. The highest BCUT2D eigenvalue weighted by Gasteiger charge is 2.14. The lowest BCUT2D eigenvalue weighted by Gasteiger charge is -2.05. The van der Waals surface area contributed by atoms with Crippen molar-refractivity contribution in [2.45, 2.75) is 40.8 Å². The van der Waals surface area contributed by atoms with Crippen molar-refractivity contribution < 1.29 is 14.3 Å². The summed E-state index contributed by atoms with van der Waals surface area (Å²) in [6.07, 6.45) is 0. The van der Waals surface area contributed by atoms with Crippen molar-refractivity contribution in [3.63, 3.8) is 0 Å². The van der Waals surface area contributed by atoms with Gasteiger partial charge in [-0.25, -0.2) is 0 Å². The molecule has 3 aromatic rings. The van der Waals surface area contributed by atoms with Crippen LogP contribution in [0.15, 0.2) is 23.2 Å². The van der Waals surface area contributed by atoms with E-state index in [4.69, 9.17) is 4.74 Å². The number of benzene rings is 1. The predicted octanol–water partition coefficient (Wildman–Crippen LogP) is 2.43. The molecule has 0 fully saturated rings. The van der Waals surface area contributed by atoms with Gasteiger partial charge in [0.1, 0.15) is 13.1 Å². The van der Waals surface area contributed by atoms with E-state index in [0.29, 0.717) is 4.80 Å². The second-order valence-corrected chi connectivity index (χ2v) is 7.54. The van der Waals surface area contributed by atoms with Gasteiger partial charge in [0.15, 0.2) is 4.80 Å². The van der Waals surface area contributed by atoms with Crippen molar-refractivity contribution in [2.24, 2.45) is 4.99 Å². The van der Waals surface area contributed by atoms with E-state index in [2.05, 4.69) is 16.2 Å². The SMILES string of the molecule is COC(=O)Cn1c(=NC(=O)Cn2nc(C)cc2C)sc2c(C)cc(C)cc21. The summed E-state index contributed by atoms with van der Waals surface area (Å²) >= 11 is 1.40. The highest BCUT2D eigenvalue weighted by molar-refractivity contribution is 7.16. The third-order valence-electron chi connectivity index (χ3n) is 4.24. The van der Waals surface area contributed by atoms with Crippen molar-refractivity contribution >= 4 is 33.4 Å². The van der Waals surface area contributed by atoms with Gasteiger partial charge in [-0.05, 0) is 51.0 Å². The largest absolute Gasteiger partial charge is 0.468 e. The number of carbonyl (C=O) groups excluding carboxylic acids is 2. The van der Waals surface area contributed by atoms with Gasteiger partial charge in [0.25, 0.3) is 5.91 Å². The maximum absolute atomic E-state index is 12.5. The monoisotopic (exact) mass is 386 g/mol.